The van der Waals surface area contributed by atoms with Crippen molar-refractivity contribution in [3.05, 3.63) is 35.4 Å². The summed E-state index contributed by atoms with van der Waals surface area (Å²) >= 11 is 0. The predicted molar refractivity (Wildman–Crippen MR) is 80.9 cm³/mol. The number of hydrogen-bond acceptors (Lipinski definition) is 2. The summed E-state index contributed by atoms with van der Waals surface area (Å²) in [6, 6.07) is 7.98. The third-order valence-corrected chi connectivity index (χ3v) is 4.45. The lowest BCUT2D eigenvalue weighted by atomic mass is 9.66. The van der Waals surface area contributed by atoms with Crippen molar-refractivity contribution in [2.24, 2.45) is 5.41 Å². The second kappa shape index (κ2) is 5.51. The molecule has 1 aromatic carbocycles. The molecule has 0 radical (unpaired) electrons. The van der Waals surface area contributed by atoms with E-state index in [1.807, 2.05) is 45.0 Å². The Morgan fingerprint density at radius 3 is 2.48 bits per heavy atom. The number of benzene rings is 1. The molecule has 0 heterocycles. The van der Waals surface area contributed by atoms with E-state index in [1.54, 1.807) is 0 Å². The van der Waals surface area contributed by atoms with Gasteiger partial charge in [-0.05, 0) is 39.2 Å². The molecule has 0 saturated heterocycles. The maximum absolute atomic E-state index is 12.3. The average Bonchev–Trinajstić information content (AvgIpc) is 2.32. The van der Waals surface area contributed by atoms with E-state index in [0.29, 0.717) is 12.8 Å². The fourth-order valence-electron chi connectivity index (χ4n) is 2.88. The van der Waals surface area contributed by atoms with Crippen LogP contribution in [0.3, 0.4) is 0 Å². The number of amides is 1. The number of carboxylic acid groups (broad SMARTS) is 1. The summed E-state index contributed by atoms with van der Waals surface area (Å²) in [6.07, 6.45) is 2.15. The quantitative estimate of drug-likeness (QED) is 0.875. The molecule has 2 N–H and O–H groups in total. The van der Waals surface area contributed by atoms with Gasteiger partial charge in [0.2, 0.25) is 5.91 Å². The number of hydrogen-bond donors (Lipinski definition) is 2. The minimum atomic E-state index is -0.850. The van der Waals surface area contributed by atoms with Gasteiger partial charge in [0.05, 0.1) is 11.0 Å². The minimum absolute atomic E-state index is 0.0670. The molecule has 0 unspecified atom stereocenters. The highest BCUT2D eigenvalue weighted by Crippen LogP contribution is 2.44. The molecule has 0 spiro atoms. The van der Waals surface area contributed by atoms with Gasteiger partial charge in [0.15, 0.2) is 0 Å². The van der Waals surface area contributed by atoms with Crippen molar-refractivity contribution < 1.29 is 14.7 Å². The Morgan fingerprint density at radius 1 is 1.33 bits per heavy atom. The van der Waals surface area contributed by atoms with Crippen molar-refractivity contribution in [2.45, 2.75) is 52.0 Å². The Morgan fingerprint density at radius 2 is 2.00 bits per heavy atom. The van der Waals surface area contributed by atoms with E-state index < -0.39 is 16.9 Å². The molecule has 1 aliphatic rings. The van der Waals surface area contributed by atoms with E-state index in [9.17, 15) is 14.7 Å². The van der Waals surface area contributed by atoms with Gasteiger partial charge in [-0.1, -0.05) is 36.2 Å². The summed E-state index contributed by atoms with van der Waals surface area (Å²) in [5.74, 6) is -1.04. The fourth-order valence-corrected chi connectivity index (χ4v) is 2.88. The lowest BCUT2D eigenvalue weighted by Crippen LogP contribution is -2.47. The molecule has 1 aromatic rings. The molecule has 4 heteroatoms. The van der Waals surface area contributed by atoms with E-state index in [2.05, 4.69) is 5.32 Å². The number of aryl methyl sites for hydroxylation is 1. The largest absolute Gasteiger partial charge is 0.481 e. The first-order valence-corrected chi connectivity index (χ1v) is 7.37. The first-order chi connectivity index (χ1) is 9.75. The molecule has 1 aliphatic carbocycles. The third-order valence-electron chi connectivity index (χ3n) is 4.45. The normalized spacial score (nSPS) is 16.9. The average molecular weight is 289 g/mol. The van der Waals surface area contributed by atoms with E-state index in [0.717, 1.165) is 17.5 Å². The third kappa shape index (κ3) is 3.26. The first kappa shape index (κ1) is 15.5. The summed E-state index contributed by atoms with van der Waals surface area (Å²) in [7, 11) is 0. The lowest BCUT2D eigenvalue weighted by molar-refractivity contribution is -0.157. The van der Waals surface area contributed by atoms with Crippen LogP contribution in [-0.4, -0.2) is 17.0 Å². The molecular formula is C17H23NO3. The molecule has 1 saturated carbocycles. The molecule has 1 amide bonds. The molecule has 0 aliphatic heterocycles. The van der Waals surface area contributed by atoms with Crippen LogP contribution in [-0.2, 0) is 15.1 Å². The number of carbonyl (C=O) groups excluding carboxylic acids is 1. The molecular weight excluding hydrogens is 266 g/mol. The molecule has 2 rings (SSSR count). The van der Waals surface area contributed by atoms with E-state index in [-0.39, 0.29) is 12.3 Å². The van der Waals surface area contributed by atoms with Crippen LogP contribution >= 0.6 is 0 Å². The van der Waals surface area contributed by atoms with Gasteiger partial charge >= 0.3 is 5.97 Å². The van der Waals surface area contributed by atoms with Gasteiger partial charge in [-0.25, -0.2) is 0 Å². The zero-order valence-corrected chi connectivity index (χ0v) is 12.9. The number of aliphatic carboxylic acids is 1. The molecule has 1 fully saturated rings. The van der Waals surface area contributed by atoms with Crippen molar-refractivity contribution >= 4 is 11.9 Å². The highest BCUT2D eigenvalue weighted by molar-refractivity contribution is 5.86. The zero-order chi connectivity index (χ0) is 15.7. The summed E-state index contributed by atoms with van der Waals surface area (Å²) in [4.78, 5) is 23.6. The van der Waals surface area contributed by atoms with Crippen LogP contribution in [0.2, 0.25) is 0 Å². The molecule has 0 atom stereocenters. The molecule has 0 aromatic heterocycles. The second-order valence-electron chi connectivity index (χ2n) is 6.66. The SMILES string of the molecule is Cc1cccc(C(C)(C)NC(=O)CC2(C(=O)O)CCC2)c1. The summed E-state index contributed by atoms with van der Waals surface area (Å²) in [5, 5.41) is 12.3. The Kier molecular flexibility index (Phi) is 4.08. The van der Waals surface area contributed by atoms with Gasteiger partial charge in [-0.2, -0.15) is 0 Å². The lowest BCUT2D eigenvalue weighted by Gasteiger charge is -2.38. The highest BCUT2D eigenvalue weighted by Gasteiger charge is 2.46. The number of carboxylic acids is 1. The van der Waals surface area contributed by atoms with Crippen LogP contribution in [0, 0.1) is 12.3 Å². The Balaban J connectivity index is 2.06. The highest BCUT2D eigenvalue weighted by atomic mass is 16.4. The summed E-state index contributed by atoms with van der Waals surface area (Å²) in [6.45, 7) is 5.89. The minimum Gasteiger partial charge on any atom is -0.481 e. The van der Waals surface area contributed by atoms with Crippen LogP contribution < -0.4 is 5.32 Å². The van der Waals surface area contributed by atoms with E-state index in [4.69, 9.17) is 0 Å². The van der Waals surface area contributed by atoms with Crippen molar-refractivity contribution in [1.82, 2.24) is 5.32 Å². The van der Waals surface area contributed by atoms with Gasteiger partial charge in [0.25, 0.3) is 0 Å². The van der Waals surface area contributed by atoms with Gasteiger partial charge in [-0.15, -0.1) is 0 Å². The van der Waals surface area contributed by atoms with Crippen molar-refractivity contribution in [1.29, 1.82) is 0 Å². The van der Waals surface area contributed by atoms with Crippen LogP contribution in [0.4, 0.5) is 0 Å². The van der Waals surface area contributed by atoms with Crippen molar-refractivity contribution in [3.8, 4) is 0 Å². The second-order valence-corrected chi connectivity index (χ2v) is 6.66. The smallest absolute Gasteiger partial charge is 0.310 e. The van der Waals surface area contributed by atoms with Gasteiger partial charge in [0, 0.05) is 6.42 Å². The summed E-state index contributed by atoms with van der Waals surface area (Å²) in [5.41, 5.74) is 0.809. The molecule has 114 valence electrons. The maximum Gasteiger partial charge on any atom is 0.310 e. The topological polar surface area (TPSA) is 66.4 Å². The van der Waals surface area contributed by atoms with E-state index >= 15 is 0 Å². The van der Waals surface area contributed by atoms with Crippen LogP contribution in [0.25, 0.3) is 0 Å². The fraction of sp³-hybridized carbons (Fsp3) is 0.529. The van der Waals surface area contributed by atoms with Gasteiger partial charge < -0.3 is 10.4 Å². The summed E-state index contributed by atoms with van der Waals surface area (Å²) < 4.78 is 0. The Bertz CT molecular complexity index is 559. The van der Waals surface area contributed by atoms with E-state index in [1.165, 1.54) is 0 Å². The maximum atomic E-state index is 12.3. The zero-order valence-electron chi connectivity index (χ0n) is 12.9. The Labute approximate surface area is 125 Å². The first-order valence-electron chi connectivity index (χ1n) is 7.37. The Hall–Kier alpha value is -1.84. The monoisotopic (exact) mass is 289 g/mol. The predicted octanol–water partition coefficient (Wildman–Crippen LogP) is 2.99. The molecule has 0 bridgehead atoms. The van der Waals surface area contributed by atoms with Crippen molar-refractivity contribution in [3.63, 3.8) is 0 Å². The van der Waals surface area contributed by atoms with Gasteiger partial charge in [-0.3, -0.25) is 9.59 Å². The standard InChI is InChI=1S/C17H23NO3/c1-12-6-4-7-13(10-12)16(2,3)18-14(19)11-17(15(20)21)8-5-9-17/h4,6-7,10H,5,8-9,11H2,1-3H3,(H,18,19)(H,20,21). The van der Waals surface area contributed by atoms with Crippen LogP contribution in [0.15, 0.2) is 24.3 Å². The molecule has 4 nitrogen and oxygen atoms in total. The van der Waals surface area contributed by atoms with Gasteiger partial charge in [0.1, 0.15) is 0 Å². The number of rotatable bonds is 5. The number of nitrogens with one attached hydrogen (secondary N) is 1. The molecule has 21 heavy (non-hydrogen) atoms. The van der Waals surface area contributed by atoms with Crippen molar-refractivity contribution in [2.75, 3.05) is 0 Å². The van der Waals surface area contributed by atoms with Crippen LogP contribution in [0.5, 0.6) is 0 Å². The number of carbonyl (C=O) groups is 2. The van der Waals surface area contributed by atoms with Crippen LogP contribution in [0.1, 0.15) is 50.7 Å².